The van der Waals surface area contributed by atoms with Crippen molar-refractivity contribution in [2.24, 2.45) is 0 Å². The first-order valence-electron chi connectivity index (χ1n) is 8.19. The van der Waals surface area contributed by atoms with E-state index in [-0.39, 0.29) is 17.1 Å². The molecule has 9 heteroatoms. The molecule has 136 valence electrons. The number of ether oxygens (including phenoxy) is 1. The van der Waals surface area contributed by atoms with Gasteiger partial charge in [0.2, 0.25) is 11.9 Å². The number of imidazole rings is 1. The van der Waals surface area contributed by atoms with Gasteiger partial charge in [0.05, 0.1) is 26.3 Å². The van der Waals surface area contributed by atoms with Crippen molar-refractivity contribution in [1.29, 1.82) is 0 Å². The average molecular weight is 356 g/mol. The molecule has 3 heterocycles. The van der Waals surface area contributed by atoms with Crippen molar-refractivity contribution in [3.05, 3.63) is 53.1 Å². The number of morpholine rings is 1. The number of carbonyl (C=O) groups excluding carboxylic acids is 1. The van der Waals surface area contributed by atoms with E-state index in [9.17, 15) is 9.59 Å². The number of fused-ring (bicyclic) bond motifs is 1. The summed E-state index contributed by atoms with van der Waals surface area (Å²) in [4.78, 5) is 32.0. The zero-order chi connectivity index (χ0) is 18.5. The lowest BCUT2D eigenvalue weighted by atomic mass is 10.4. The first-order valence-corrected chi connectivity index (χ1v) is 8.19. The Balaban J connectivity index is 0.000000278. The summed E-state index contributed by atoms with van der Waals surface area (Å²) in [6, 6.07) is 12.0. The lowest BCUT2D eigenvalue weighted by Gasteiger charge is -2.29. The molecule has 0 atom stereocenters. The maximum Gasteiger partial charge on any atom is 0.289 e. The summed E-state index contributed by atoms with van der Waals surface area (Å²) in [5.74, 6) is -0.626. The molecule has 0 spiro atoms. The third-order valence-corrected chi connectivity index (χ3v) is 3.86. The fraction of sp³-hybridized carbons (Fsp3) is 0.294. The molecular weight excluding hydrogens is 336 g/mol. The van der Waals surface area contributed by atoms with E-state index < -0.39 is 11.5 Å². The van der Waals surface area contributed by atoms with Crippen LogP contribution in [0.3, 0.4) is 0 Å². The second kappa shape index (κ2) is 7.79. The van der Waals surface area contributed by atoms with Crippen molar-refractivity contribution in [1.82, 2.24) is 19.2 Å². The fourth-order valence-corrected chi connectivity index (χ4v) is 2.65. The Hall–Kier alpha value is -3.20. The number of nitrogens with zero attached hydrogens (tertiary/aromatic N) is 5. The second-order valence-electron chi connectivity index (χ2n) is 5.61. The van der Waals surface area contributed by atoms with Gasteiger partial charge in [-0.25, -0.2) is 14.2 Å². The first kappa shape index (κ1) is 17.6. The molecule has 2 aromatic heterocycles. The highest BCUT2D eigenvalue weighted by Gasteiger charge is 2.20. The van der Waals surface area contributed by atoms with Crippen LogP contribution in [0.15, 0.2) is 47.5 Å². The van der Waals surface area contributed by atoms with Crippen LogP contribution in [0.1, 0.15) is 11.7 Å². The number of aromatic nitrogens is 4. The summed E-state index contributed by atoms with van der Waals surface area (Å²) < 4.78 is 7.74. The maximum atomic E-state index is 12.4. The fourth-order valence-electron chi connectivity index (χ4n) is 2.65. The number of carbonyl (C=O) groups is 1. The van der Waals surface area contributed by atoms with Crippen LogP contribution in [0, 0.1) is 0 Å². The summed E-state index contributed by atoms with van der Waals surface area (Å²) in [5.41, 5.74) is 5.59. The molecule has 1 fully saturated rings. The molecule has 2 N–H and O–H groups in total. The maximum absolute atomic E-state index is 12.4. The molecule has 1 saturated heterocycles. The number of hydrogen-bond acceptors (Lipinski definition) is 7. The van der Waals surface area contributed by atoms with Crippen LogP contribution in [0.5, 0.6) is 0 Å². The van der Waals surface area contributed by atoms with Gasteiger partial charge in [-0.3, -0.25) is 9.59 Å². The molecule has 9 nitrogen and oxygen atoms in total. The van der Waals surface area contributed by atoms with E-state index in [1.807, 2.05) is 41.4 Å². The van der Waals surface area contributed by atoms with Crippen molar-refractivity contribution in [3.8, 4) is 0 Å². The van der Waals surface area contributed by atoms with Gasteiger partial charge in [0.25, 0.3) is 5.56 Å². The van der Waals surface area contributed by atoms with E-state index in [0.717, 1.165) is 4.57 Å². The largest absolute Gasteiger partial charge is 0.378 e. The lowest BCUT2D eigenvalue weighted by molar-refractivity contribution is 0.0934. The molecule has 0 unspecified atom stereocenters. The highest BCUT2D eigenvalue weighted by atomic mass is 16.5. The van der Waals surface area contributed by atoms with Crippen LogP contribution >= 0.6 is 0 Å². The summed E-state index contributed by atoms with van der Waals surface area (Å²) in [7, 11) is 0. The molecule has 0 radical (unpaired) electrons. The van der Waals surface area contributed by atoms with Crippen LogP contribution < -0.4 is 16.3 Å². The molecule has 26 heavy (non-hydrogen) atoms. The van der Waals surface area contributed by atoms with Crippen molar-refractivity contribution in [3.63, 3.8) is 0 Å². The Morgan fingerprint density at radius 1 is 1.12 bits per heavy atom. The third-order valence-electron chi connectivity index (χ3n) is 3.86. The van der Waals surface area contributed by atoms with Crippen LogP contribution in [0.25, 0.3) is 11.2 Å². The van der Waals surface area contributed by atoms with Crippen LogP contribution in [0.2, 0.25) is 0 Å². The van der Waals surface area contributed by atoms with Crippen molar-refractivity contribution in [2.45, 2.75) is 6.92 Å². The molecule has 3 aromatic rings. The Morgan fingerprint density at radius 3 is 2.23 bits per heavy atom. The van der Waals surface area contributed by atoms with Gasteiger partial charge in [-0.15, -0.1) is 0 Å². The van der Waals surface area contributed by atoms with E-state index in [2.05, 4.69) is 9.97 Å². The van der Waals surface area contributed by atoms with Gasteiger partial charge in [-0.2, -0.15) is 4.98 Å². The predicted octanol–water partition coefficient (Wildman–Crippen LogP) is 0.490. The van der Waals surface area contributed by atoms with Crippen LogP contribution in [-0.2, 0) is 4.74 Å². The zero-order valence-corrected chi connectivity index (χ0v) is 14.4. The molecule has 0 bridgehead atoms. The smallest absolute Gasteiger partial charge is 0.289 e. The highest BCUT2D eigenvalue weighted by Crippen LogP contribution is 2.10. The molecule has 0 saturated carbocycles. The zero-order valence-electron chi connectivity index (χ0n) is 14.4. The molecule has 0 amide bonds. The van der Waals surface area contributed by atoms with Crippen LogP contribution in [-0.4, -0.2) is 51.4 Å². The summed E-state index contributed by atoms with van der Waals surface area (Å²) in [6.45, 7) is 3.68. The van der Waals surface area contributed by atoms with E-state index in [1.165, 1.54) is 13.3 Å². The van der Waals surface area contributed by atoms with Gasteiger partial charge < -0.3 is 15.5 Å². The van der Waals surface area contributed by atoms with Crippen LogP contribution in [0.4, 0.5) is 5.95 Å². The summed E-state index contributed by atoms with van der Waals surface area (Å²) in [6.07, 6.45) is 1.51. The molecule has 0 aliphatic carbocycles. The number of hydrogen-bond donors (Lipinski definition) is 1. The molecule has 1 aromatic carbocycles. The summed E-state index contributed by atoms with van der Waals surface area (Å²) in [5, 5.41) is 1.92. The Morgan fingerprint density at radius 2 is 1.69 bits per heavy atom. The highest BCUT2D eigenvalue weighted by molar-refractivity contribution is 5.82. The predicted molar refractivity (Wildman–Crippen MR) is 97.7 cm³/mol. The number of rotatable bonds is 1. The van der Waals surface area contributed by atoms with Gasteiger partial charge in [0.1, 0.15) is 6.33 Å². The number of nitrogen functional groups attached to an aromatic ring is 1. The SMILES string of the molecule is CC(=O)n1c(N)nc2ncn(N3CCOCC3)c2c1=O.c1ccccc1. The van der Waals surface area contributed by atoms with Gasteiger partial charge in [0, 0.05) is 6.92 Å². The minimum absolute atomic E-state index is 0.151. The van der Waals surface area contributed by atoms with Gasteiger partial charge >= 0.3 is 0 Å². The molecular formula is C17H20N6O3. The van der Waals surface area contributed by atoms with E-state index in [1.54, 1.807) is 4.68 Å². The minimum Gasteiger partial charge on any atom is -0.378 e. The average Bonchev–Trinajstić information content (AvgIpc) is 3.08. The minimum atomic E-state index is -0.510. The quantitative estimate of drug-likeness (QED) is 0.676. The van der Waals surface area contributed by atoms with Gasteiger partial charge in [-0.05, 0) is 0 Å². The van der Waals surface area contributed by atoms with Gasteiger partial charge in [0.15, 0.2) is 11.2 Å². The molecule has 1 aliphatic rings. The number of benzene rings is 1. The summed E-state index contributed by atoms with van der Waals surface area (Å²) >= 11 is 0. The Bertz CT molecular complexity index is 918. The number of anilines is 1. The van der Waals surface area contributed by atoms with E-state index >= 15 is 0 Å². The van der Waals surface area contributed by atoms with Crippen molar-refractivity contribution in [2.75, 3.05) is 37.0 Å². The first-order chi connectivity index (χ1) is 12.6. The van der Waals surface area contributed by atoms with E-state index in [0.29, 0.717) is 26.3 Å². The van der Waals surface area contributed by atoms with Gasteiger partial charge in [-0.1, -0.05) is 36.4 Å². The standard InChI is InChI=1S/C11H14N6O3.C6H6/c1-7(18)17-10(19)8-9(14-11(17)12)13-6-16(8)15-2-4-20-5-3-15;1-2-4-6-5-3-1/h6H,2-5H2,1H3,(H2,12,14);1-6H. The van der Waals surface area contributed by atoms with E-state index in [4.69, 9.17) is 10.5 Å². The molecule has 4 rings (SSSR count). The third kappa shape index (κ3) is 3.57. The molecule has 1 aliphatic heterocycles. The second-order valence-corrected chi connectivity index (χ2v) is 5.61. The normalized spacial score (nSPS) is 14.0. The topological polar surface area (TPSA) is 108 Å². The van der Waals surface area contributed by atoms with Crippen molar-refractivity contribution < 1.29 is 9.53 Å². The lowest BCUT2D eigenvalue weighted by Crippen LogP contribution is -2.44. The van der Waals surface area contributed by atoms with Crippen molar-refractivity contribution >= 4 is 23.0 Å². The number of nitrogens with two attached hydrogens (primary N) is 1. The monoisotopic (exact) mass is 356 g/mol. The Kier molecular flexibility index (Phi) is 5.28. The Labute approximate surface area is 149 Å².